The van der Waals surface area contributed by atoms with E-state index in [1.807, 2.05) is 0 Å². The highest BCUT2D eigenvalue weighted by Gasteiger charge is 2.08. The van der Waals surface area contributed by atoms with Crippen molar-refractivity contribution in [2.24, 2.45) is 5.73 Å². The number of aromatic nitrogens is 3. The molecule has 132 valence electrons. The lowest BCUT2D eigenvalue weighted by Gasteiger charge is -2.13. The van der Waals surface area contributed by atoms with Gasteiger partial charge in [-0.2, -0.15) is 15.0 Å². The minimum atomic E-state index is 0.268. The zero-order valence-electron chi connectivity index (χ0n) is 14.2. The SMILES string of the molecule is CCC(C)Nc1nc(NCCOCCOCCN)nc(OC)n1. The van der Waals surface area contributed by atoms with Crippen molar-refractivity contribution in [2.75, 3.05) is 57.3 Å². The number of anilines is 2. The summed E-state index contributed by atoms with van der Waals surface area (Å²) in [6.07, 6.45) is 0.969. The molecule has 0 fully saturated rings. The zero-order chi connectivity index (χ0) is 16.9. The largest absolute Gasteiger partial charge is 0.467 e. The Kier molecular flexibility index (Phi) is 9.92. The highest BCUT2D eigenvalue weighted by Crippen LogP contribution is 2.12. The van der Waals surface area contributed by atoms with Crippen LogP contribution in [0.4, 0.5) is 11.9 Å². The van der Waals surface area contributed by atoms with E-state index in [9.17, 15) is 0 Å². The fourth-order valence-corrected chi connectivity index (χ4v) is 1.55. The highest BCUT2D eigenvalue weighted by molar-refractivity contribution is 5.36. The van der Waals surface area contributed by atoms with Gasteiger partial charge in [0.25, 0.3) is 0 Å². The molecule has 0 bridgehead atoms. The van der Waals surface area contributed by atoms with Crippen LogP contribution in [0.3, 0.4) is 0 Å². The fourth-order valence-electron chi connectivity index (χ4n) is 1.55. The van der Waals surface area contributed by atoms with Gasteiger partial charge in [0.1, 0.15) is 0 Å². The van der Waals surface area contributed by atoms with Gasteiger partial charge in [0, 0.05) is 19.1 Å². The molecule has 9 nitrogen and oxygen atoms in total. The van der Waals surface area contributed by atoms with Crippen LogP contribution in [0.2, 0.25) is 0 Å². The number of nitrogens with one attached hydrogen (secondary N) is 2. The predicted octanol–water partition coefficient (Wildman–Crippen LogP) is 0.494. The van der Waals surface area contributed by atoms with E-state index < -0.39 is 0 Å². The van der Waals surface area contributed by atoms with Crippen molar-refractivity contribution in [3.63, 3.8) is 0 Å². The van der Waals surface area contributed by atoms with Crippen molar-refractivity contribution in [1.82, 2.24) is 15.0 Å². The normalized spacial score (nSPS) is 12.0. The lowest BCUT2D eigenvalue weighted by atomic mass is 10.3. The van der Waals surface area contributed by atoms with Crippen LogP contribution in [0, 0.1) is 0 Å². The minimum absolute atomic E-state index is 0.268. The van der Waals surface area contributed by atoms with Crippen LogP contribution in [-0.2, 0) is 9.47 Å². The Hall–Kier alpha value is -1.71. The van der Waals surface area contributed by atoms with E-state index in [-0.39, 0.29) is 12.1 Å². The van der Waals surface area contributed by atoms with Gasteiger partial charge in [0.05, 0.1) is 33.5 Å². The summed E-state index contributed by atoms with van der Waals surface area (Å²) in [4.78, 5) is 12.6. The Morgan fingerprint density at radius 1 is 1.04 bits per heavy atom. The third-order valence-corrected chi connectivity index (χ3v) is 2.95. The third-order valence-electron chi connectivity index (χ3n) is 2.95. The maximum Gasteiger partial charge on any atom is 0.322 e. The molecular formula is C14H28N6O3. The second-order valence-corrected chi connectivity index (χ2v) is 4.86. The molecule has 1 atom stereocenters. The molecule has 23 heavy (non-hydrogen) atoms. The molecule has 1 aromatic rings. The standard InChI is InChI=1S/C14H28N6O3/c1-4-11(2)17-13-18-12(19-14(20-13)21-3)16-6-8-23-10-9-22-7-5-15/h11H,4-10,15H2,1-3H3,(H2,16,17,18,19,20). The van der Waals surface area contributed by atoms with E-state index >= 15 is 0 Å². The average molecular weight is 328 g/mol. The van der Waals surface area contributed by atoms with Crippen LogP contribution in [0.25, 0.3) is 0 Å². The van der Waals surface area contributed by atoms with E-state index in [0.717, 1.165) is 6.42 Å². The Morgan fingerprint density at radius 3 is 2.39 bits per heavy atom. The van der Waals surface area contributed by atoms with Crippen LogP contribution in [0.15, 0.2) is 0 Å². The Bertz CT molecular complexity index is 435. The van der Waals surface area contributed by atoms with Gasteiger partial charge in [0.2, 0.25) is 11.9 Å². The van der Waals surface area contributed by atoms with Gasteiger partial charge in [-0.1, -0.05) is 6.92 Å². The Balaban J connectivity index is 2.36. The fraction of sp³-hybridized carbons (Fsp3) is 0.786. The van der Waals surface area contributed by atoms with Gasteiger partial charge >= 0.3 is 6.01 Å². The van der Waals surface area contributed by atoms with Crippen molar-refractivity contribution in [3.05, 3.63) is 0 Å². The average Bonchev–Trinajstić information content (AvgIpc) is 2.56. The van der Waals surface area contributed by atoms with Crippen molar-refractivity contribution in [2.45, 2.75) is 26.3 Å². The monoisotopic (exact) mass is 328 g/mol. The van der Waals surface area contributed by atoms with E-state index in [2.05, 4.69) is 39.4 Å². The van der Waals surface area contributed by atoms with E-state index in [1.54, 1.807) is 0 Å². The zero-order valence-corrected chi connectivity index (χ0v) is 14.2. The maximum absolute atomic E-state index is 5.42. The van der Waals surface area contributed by atoms with Crippen LogP contribution >= 0.6 is 0 Å². The summed E-state index contributed by atoms with van der Waals surface area (Å²) >= 11 is 0. The first-order valence-electron chi connectivity index (χ1n) is 7.85. The molecule has 0 saturated carbocycles. The molecule has 9 heteroatoms. The van der Waals surface area contributed by atoms with Crippen molar-refractivity contribution in [3.8, 4) is 6.01 Å². The minimum Gasteiger partial charge on any atom is -0.467 e. The Morgan fingerprint density at radius 2 is 1.74 bits per heavy atom. The molecule has 1 unspecified atom stereocenters. The molecular weight excluding hydrogens is 300 g/mol. The smallest absolute Gasteiger partial charge is 0.322 e. The first-order valence-corrected chi connectivity index (χ1v) is 7.85. The number of rotatable bonds is 13. The first kappa shape index (κ1) is 19.3. The lowest BCUT2D eigenvalue weighted by Crippen LogP contribution is -2.19. The summed E-state index contributed by atoms with van der Waals surface area (Å²) < 4.78 is 15.7. The molecule has 0 amide bonds. The van der Waals surface area contributed by atoms with Crippen molar-refractivity contribution >= 4 is 11.9 Å². The second kappa shape index (κ2) is 11.8. The number of hydrogen-bond acceptors (Lipinski definition) is 9. The molecule has 1 heterocycles. The summed E-state index contributed by atoms with van der Waals surface area (Å²) in [5.41, 5.74) is 5.32. The van der Waals surface area contributed by atoms with Crippen LogP contribution in [-0.4, -0.2) is 67.6 Å². The van der Waals surface area contributed by atoms with Crippen LogP contribution in [0.5, 0.6) is 6.01 Å². The number of ether oxygens (including phenoxy) is 3. The lowest BCUT2D eigenvalue weighted by molar-refractivity contribution is 0.0547. The number of methoxy groups -OCH3 is 1. The summed E-state index contributed by atoms with van der Waals surface area (Å²) in [5, 5.41) is 6.28. The number of nitrogens with two attached hydrogens (primary N) is 1. The summed E-state index contributed by atoms with van der Waals surface area (Å²) in [6.45, 7) is 7.39. The highest BCUT2D eigenvalue weighted by atomic mass is 16.5. The topological polar surface area (TPSA) is 116 Å². The molecule has 1 rings (SSSR count). The molecule has 4 N–H and O–H groups in total. The molecule has 1 aromatic heterocycles. The van der Waals surface area contributed by atoms with Gasteiger partial charge in [-0.25, -0.2) is 0 Å². The molecule has 0 aliphatic heterocycles. The molecule has 0 spiro atoms. The molecule has 0 aliphatic rings. The van der Waals surface area contributed by atoms with Gasteiger partial charge in [0.15, 0.2) is 0 Å². The Labute approximate surface area is 137 Å². The summed E-state index contributed by atoms with van der Waals surface area (Å²) in [7, 11) is 1.52. The molecule has 0 saturated heterocycles. The quantitative estimate of drug-likeness (QED) is 0.445. The van der Waals surface area contributed by atoms with Gasteiger partial charge in [-0.15, -0.1) is 0 Å². The first-order chi connectivity index (χ1) is 11.2. The van der Waals surface area contributed by atoms with Gasteiger partial charge in [-0.05, 0) is 13.3 Å². The number of hydrogen-bond donors (Lipinski definition) is 3. The third kappa shape index (κ3) is 8.48. The molecule has 0 aromatic carbocycles. The summed E-state index contributed by atoms with van der Waals surface area (Å²) in [5.74, 6) is 0.940. The predicted molar refractivity (Wildman–Crippen MR) is 88.9 cm³/mol. The summed E-state index contributed by atoms with van der Waals surface area (Å²) in [6, 6.07) is 0.538. The van der Waals surface area contributed by atoms with Gasteiger partial charge in [-0.3, -0.25) is 0 Å². The molecule has 0 aliphatic carbocycles. The van der Waals surface area contributed by atoms with E-state index in [1.165, 1.54) is 7.11 Å². The number of nitrogens with zero attached hydrogens (tertiary/aromatic N) is 3. The van der Waals surface area contributed by atoms with Crippen molar-refractivity contribution in [1.29, 1.82) is 0 Å². The van der Waals surface area contributed by atoms with E-state index in [4.69, 9.17) is 19.9 Å². The van der Waals surface area contributed by atoms with Gasteiger partial charge < -0.3 is 30.6 Å². The second-order valence-electron chi connectivity index (χ2n) is 4.86. The maximum atomic E-state index is 5.42. The molecule has 0 radical (unpaired) electrons. The van der Waals surface area contributed by atoms with Crippen LogP contribution < -0.4 is 21.1 Å². The van der Waals surface area contributed by atoms with Crippen LogP contribution in [0.1, 0.15) is 20.3 Å². The van der Waals surface area contributed by atoms with E-state index in [0.29, 0.717) is 51.4 Å². The van der Waals surface area contributed by atoms with Crippen molar-refractivity contribution < 1.29 is 14.2 Å².